The van der Waals surface area contributed by atoms with Gasteiger partial charge in [0.1, 0.15) is 0 Å². The lowest BCUT2D eigenvalue weighted by Crippen LogP contribution is -2.35. The molecule has 0 bridgehead atoms. The Morgan fingerprint density at radius 3 is 2.65 bits per heavy atom. The van der Waals surface area contributed by atoms with Crippen molar-refractivity contribution in [1.29, 1.82) is 5.26 Å². The first-order chi connectivity index (χ1) is 11.2. The van der Waals surface area contributed by atoms with Crippen LogP contribution in [0, 0.1) is 17.2 Å². The third-order valence-electron chi connectivity index (χ3n) is 3.51. The van der Waals surface area contributed by atoms with Gasteiger partial charge in [-0.15, -0.1) is 0 Å². The minimum Gasteiger partial charge on any atom is -0.385 e. The first-order valence-electron chi connectivity index (χ1n) is 7.36. The van der Waals surface area contributed by atoms with Crippen molar-refractivity contribution in [3.05, 3.63) is 48.0 Å². The number of nitrogens with zero attached hydrogens (tertiary/aromatic N) is 1. The molecular formula is C18H18N2O3. The highest BCUT2D eigenvalue weighted by Crippen LogP contribution is 2.18. The monoisotopic (exact) mass is 310 g/mol. The Balaban J connectivity index is 2.11. The predicted molar refractivity (Wildman–Crippen MR) is 86.9 cm³/mol. The van der Waals surface area contributed by atoms with Crippen molar-refractivity contribution in [3.8, 4) is 6.07 Å². The fourth-order valence-electron chi connectivity index (χ4n) is 2.28. The lowest BCUT2D eigenvalue weighted by molar-refractivity contribution is -0.122. The number of nitriles is 1. The van der Waals surface area contributed by atoms with E-state index in [0.29, 0.717) is 25.1 Å². The van der Waals surface area contributed by atoms with Crippen LogP contribution in [0.3, 0.4) is 0 Å². The molecule has 2 aromatic rings. The van der Waals surface area contributed by atoms with Gasteiger partial charge in [0.05, 0.1) is 6.07 Å². The number of ketones is 1. The summed E-state index contributed by atoms with van der Waals surface area (Å²) in [6, 6.07) is 14.6. The summed E-state index contributed by atoms with van der Waals surface area (Å²) in [5.41, 5.74) is 0.363. The number of carbonyl (C=O) groups excluding carboxylic acids is 2. The van der Waals surface area contributed by atoms with Crippen LogP contribution >= 0.6 is 0 Å². The van der Waals surface area contributed by atoms with E-state index >= 15 is 0 Å². The maximum absolute atomic E-state index is 12.4. The molecule has 0 radical (unpaired) electrons. The molecule has 0 heterocycles. The van der Waals surface area contributed by atoms with Crippen LogP contribution in [-0.2, 0) is 9.53 Å². The fraction of sp³-hybridized carbons (Fsp3) is 0.278. The highest BCUT2D eigenvalue weighted by Gasteiger charge is 2.27. The summed E-state index contributed by atoms with van der Waals surface area (Å²) in [6.07, 6.45) is 0.630. The topological polar surface area (TPSA) is 79.2 Å². The molecule has 0 saturated heterocycles. The summed E-state index contributed by atoms with van der Waals surface area (Å²) in [7, 11) is 1.57. The maximum Gasteiger partial charge on any atom is 0.245 e. The number of ether oxygens (including phenoxy) is 1. The van der Waals surface area contributed by atoms with Crippen LogP contribution in [0.15, 0.2) is 42.5 Å². The summed E-state index contributed by atoms with van der Waals surface area (Å²) in [4.78, 5) is 24.5. The van der Waals surface area contributed by atoms with Crippen molar-refractivity contribution < 1.29 is 14.3 Å². The van der Waals surface area contributed by atoms with Gasteiger partial charge in [-0.25, -0.2) is 0 Å². The highest BCUT2D eigenvalue weighted by molar-refractivity contribution is 6.13. The van der Waals surface area contributed by atoms with Gasteiger partial charge < -0.3 is 10.1 Å². The quantitative estimate of drug-likeness (QED) is 0.483. The van der Waals surface area contributed by atoms with Crippen molar-refractivity contribution in [1.82, 2.24) is 5.32 Å². The van der Waals surface area contributed by atoms with E-state index in [9.17, 15) is 14.9 Å². The van der Waals surface area contributed by atoms with Crippen molar-refractivity contribution in [2.75, 3.05) is 20.3 Å². The number of amides is 1. The zero-order chi connectivity index (χ0) is 16.7. The number of Topliss-reactive ketones (excluding diaryl/α,β-unsaturated/α-hetero) is 1. The molecule has 0 spiro atoms. The smallest absolute Gasteiger partial charge is 0.245 e. The second-order valence-corrected chi connectivity index (χ2v) is 5.13. The molecular weight excluding hydrogens is 292 g/mol. The summed E-state index contributed by atoms with van der Waals surface area (Å²) in [6.45, 7) is 0.881. The van der Waals surface area contributed by atoms with Gasteiger partial charge in [0.25, 0.3) is 0 Å². The van der Waals surface area contributed by atoms with Gasteiger partial charge >= 0.3 is 0 Å². The Kier molecular flexibility index (Phi) is 5.84. The molecule has 1 N–H and O–H groups in total. The Morgan fingerprint density at radius 1 is 1.22 bits per heavy atom. The predicted octanol–water partition coefficient (Wildman–Crippen LogP) is 2.31. The molecule has 0 aliphatic heterocycles. The molecule has 0 fully saturated rings. The van der Waals surface area contributed by atoms with Crippen LogP contribution in [0.5, 0.6) is 0 Å². The minimum absolute atomic E-state index is 0.363. The molecule has 2 rings (SSSR count). The largest absolute Gasteiger partial charge is 0.385 e. The molecule has 0 aliphatic rings. The number of nitrogens with one attached hydrogen (secondary N) is 1. The van der Waals surface area contributed by atoms with Crippen molar-refractivity contribution in [2.24, 2.45) is 5.92 Å². The average molecular weight is 310 g/mol. The molecule has 1 amide bonds. The van der Waals surface area contributed by atoms with Gasteiger partial charge in [-0.05, 0) is 23.3 Å². The molecule has 5 nitrogen and oxygen atoms in total. The van der Waals surface area contributed by atoms with E-state index in [4.69, 9.17) is 4.74 Å². The summed E-state index contributed by atoms with van der Waals surface area (Å²) < 4.78 is 4.88. The number of fused-ring (bicyclic) bond motifs is 1. The number of hydrogen-bond donors (Lipinski definition) is 1. The molecule has 0 saturated carbocycles. The SMILES string of the molecule is COCCCNC(=O)[C@@H](C#N)C(=O)c1ccc2ccccc2c1. The van der Waals surface area contributed by atoms with Gasteiger partial charge in [0.15, 0.2) is 11.7 Å². The van der Waals surface area contributed by atoms with Gasteiger partial charge in [-0.2, -0.15) is 5.26 Å². The first kappa shape index (κ1) is 16.7. The van der Waals surface area contributed by atoms with E-state index in [-0.39, 0.29) is 0 Å². The molecule has 5 heteroatoms. The van der Waals surface area contributed by atoms with Crippen molar-refractivity contribution >= 4 is 22.5 Å². The summed E-state index contributed by atoms with van der Waals surface area (Å²) in [5, 5.41) is 13.7. The van der Waals surface area contributed by atoms with E-state index in [1.54, 1.807) is 25.3 Å². The van der Waals surface area contributed by atoms with Crippen LogP contribution in [-0.4, -0.2) is 32.0 Å². The second-order valence-electron chi connectivity index (χ2n) is 5.13. The maximum atomic E-state index is 12.4. The van der Waals surface area contributed by atoms with Gasteiger partial charge in [-0.1, -0.05) is 36.4 Å². The third kappa shape index (κ3) is 4.15. The zero-order valence-electron chi connectivity index (χ0n) is 12.9. The molecule has 0 aromatic heterocycles. The van der Waals surface area contributed by atoms with E-state index in [1.807, 2.05) is 30.3 Å². The van der Waals surface area contributed by atoms with Crippen LogP contribution in [0.2, 0.25) is 0 Å². The molecule has 118 valence electrons. The number of hydrogen-bond acceptors (Lipinski definition) is 4. The minimum atomic E-state index is -1.33. The zero-order valence-corrected chi connectivity index (χ0v) is 12.9. The Morgan fingerprint density at radius 2 is 1.96 bits per heavy atom. The molecule has 0 unspecified atom stereocenters. The first-order valence-corrected chi connectivity index (χ1v) is 7.36. The van der Waals surface area contributed by atoms with E-state index in [2.05, 4.69) is 5.32 Å². The van der Waals surface area contributed by atoms with E-state index in [0.717, 1.165) is 10.8 Å². The fourth-order valence-corrected chi connectivity index (χ4v) is 2.28. The summed E-state index contributed by atoms with van der Waals surface area (Å²) >= 11 is 0. The van der Waals surface area contributed by atoms with Crippen LogP contribution in [0.4, 0.5) is 0 Å². The Labute approximate surface area is 134 Å². The second kappa shape index (κ2) is 8.06. The van der Waals surface area contributed by atoms with Gasteiger partial charge in [-0.3, -0.25) is 9.59 Å². The molecule has 1 atom stereocenters. The van der Waals surface area contributed by atoms with E-state index < -0.39 is 17.6 Å². The van der Waals surface area contributed by atoms with Gasteiger partial charge in [0, 0.05) is 25.8 Å². The third-order valence-corrected chi connectivity index (χ3v) is 3.51. The number of rotatable bonds is 7. The Hall–Kier alpha value is -2.71. The van der Waals surface area contributed by atoms with Gasteiger partial charge in [0.2, 0.25) is 5.91 Å². The average Bonchev–Trinajstić information content (AvgIpc) is 2.59. The number of carbonyl (C=O) groups is 2. The Bertz CT molecular complexity index is 749. The normalized spacial score (nSPS) is 11.7. The summed E-state index contributed by atoms with van der Waals surface area (Å²) in [5.74, 6) is -2.39. The molecule has 2 aromatic carbocycles. The standard InChI is InChI=1S/C18H18N2O3/c1-23-10-4-9-20-18(22)16(12-19)17(21)15-8-7-13-5-2-3-6-14(13)11-15/h2-3,5-8,11,16H,4,9-10H2,1H3,(H,20,22)/t16-/m0/s1. The van der Waals surface area contributed by atoms with Crippen LogP contribution in [0.1, 0.15) is 16.8 Å². The van der Waals surface area contributed by atoms with Crippen LogP contribution in [0.25, 0.3) is 10.8 Å². The number of benzene rings is 2. The van der Waals surface area contributed by atoms with Crippen LogP contribution < -0.4 is 5.32 Å². The van der Waals surface area contributed by atoms with Crippen molar-refractivity contribution in [2.45, 2.75) is 6.42 Å². The number of methoxy groups -OCH3 is 1. The highest BCUT2D eigenvalue weighted by atomic mass is 16.5. The lowest BCUT2D eigenvalue weighted by atomic mass is 9.96. The molecule has 0 aliphatic carbocycles. The van der Waals surface area contributed by atoms with E-state index in [1.165, 1.54) is 0 Å². The molecule has 23 heavy (non-hydrogen) atoms. The lowest BCUT2D eigenvalue weighted by Gasteiger charge is -2.10. The van der Waals surface area contributed by atoms with Crippen molar-refractivity contribution in [3.63, 3.8) is 0 Å².